The normalized spacial score (nSPS) is 11.6. The van der Waals surface area contributed by atoms with E-state index in [-0.39, 0.29) is 12.5 Å². The smallest absolute Gasteiger partial charge is 0.254 e. The van der Waals surface area contributed by atoms with Crippen molar-refractivity contribution in [3.63, 3.8) is 0 Å². The number of amides is 1. The second-order valence-electron chi connectivity index (χ2n) is 3.26. The lowest BCUT2D eigenvalue weighted by Gasteiger charge is -2.13. The van der Waals surface area contributed by atoms with Gasteiger partial charge in [-0.2, -0.15) is 5.26 Å². The van der Waals surface area contributed by atoms with E-state index in [1.165, 1.54) is 7.11 Å². The second-order valence-corrected chi connectivity index (χ2v) is 4.11. The highest BCUT2D eigenvalue weighted by Gasteiger charge is 2.16. The number of nitriles is 1. The van der Waals surface area contributed by atoms with Crippen molar-refractivity contribution in [3.05, 3.63) is 28.2 Å². The lowest BCUT2D eigenvalue weighted by molar-refractivity contribution is -0.125. The van der Waals surface area contributed by atoms with Crippen molar-refractivity contribution in [1.29, 1.82) is 5.26 Å². The maximum Gasteiger partial charge on any atom is 0.254 e. The number of nitrogens with zero attached hydrogens (tertiary/aromatic N) is 1. The van der Waals surface area contributed by atoms with Gasteiger partial charge in [0.05, 0.1) is 17.3 Å². The number of anilines is 1. The molecule has 17 heavy (non-hydrogen) atoms. The number of hydrogen-bond donors (Lipinski definition) is 2. The van der Waals surface area contributed by atoms with Gasteiger partial charge in [0, 0.05) is 18.1 Å². The first-order valence-electron chi connectivity index (χ1n) is 4.85. The number of nitrogens with one attached hydrogen (secondary N) is 1. The van der Waals surface area contributed by atoms with Gasteiger partial charge in [-0.05, 0) is 34.1 Å². The summed E-state index contributed by atoms with van der Waals surface area (Å²) in [6.07, 6.45) is -0.683. The van der Waals surface area contributed by atoms with E-state index in [0.29, 0.717) is 15.7 Å². The molecular formula is C11H12BrN3O2. The third-order valence-corrected chi connectivity index (χ3v) is 2.80. The largest absolute Gasteiger partial charge is 0.370 e. The van der Waals surface area contributed by atoms with Crippen molar-refractivity contribution in [1.82, 2.24) is 0 Å². The standard InChI is InChI=1S/C11H12BrN3O2/c1-17-10(6-14)11(16)15-9-3-2-7(5-13)4-8(9)12/h2-4,10H,6,14H2,1H3,(H,15,16). The van der Waals surface area contributed by atoms with Crippen molar-refractivity contribution in [3.8, 4) is 6.07 Å². The van der Waals surface area contributed by atoms with Crippen molar-refractivity contribution >= 4 is 27.5 Å². The summed E-state index contributed by atoms with van der Waals surface area (Å²) in [4.78, 5) is 11.7. The zero-order chi connectivity index (χ0) is 12.8. The molecule has 0 heterocycles. The average molecular weight is 298 g/mol. The molecule has 0 aliphatic carbocycles. The Bertz CT molecular complexity index is 453. The van der Waals surface area contributed by atoms with Crippen molar-refractivity contribution < 1.29 is 9.53 Å². The fraction of sp³-hybridized carbons (Fsp3) is 0.273. The lowest BCUT2D eigenvalue weighted by Crippen LogP contribution is -2.35. The molecule has 0 aliphatic rings. The van der Waals surface area contributed by atoms with Crippen molar-refractivity contribution in [2.24, 2.45) is 5.73 Å². The minimum absolute atomic E-state index is 0.107. The first-order valence-corrected chi connectivity index (χ1v) is 5.65. The topological polar surface area (TPSA) is 88.1 Å². The van der Waals surface area contributed by atoms with E-state index < -0.39 is 6.10 Å². The van der Waals surface area contributed by atoms with E-state index in [2.05, 4.69) is 21.2 Å². The fourth-order valence-electron chi connectivity index (χ4n) is 1.21. The SMILES string of the molecule is COC(CN)C(=O)Nc1ccc(C#N)cc1Br. The Morgan fingerprint density at radius 3 is 2.88 bits per heavy atom. The Hall–Kier alpha value is -1.42. The summed E-state index contributed by atoms with van der Waals surface area (Å²) in [6.45, 7) is 0.107. The minimum Gasteiger partial charge on any atom is -0.370 e. The lowest BCUT2D eigenvalue weighted by atomic mass is 10.2. The predicted octanol–water partition coefficient (Wildman–Crippen LogP) is 1.23. The molecule has 1 rings (SSSR count). The highest BCUT2D eigenvalue weighted by molar-refractivity contribution is 9.10. The van der Waals surface area contributed by atoms with Gasteiger partial charge in [-0.1, -0.05) is 0 Å². The van der Waals surface area contributed by atoms with E-state index in [1.54, 1.807) is 18.2 Å². The second kappa shape index (κ2) is 6.35. The molecule has 0 aromatic heterocycles. The minimum atomic E-state index is -0.683. The van der Waals surface area contributed by atoms with Gasteiger partial charge in [0.2, 0.25) is 0 Å². The molecular weight excluding hydrogens is 286 g/mol. The molecule has 0 radical (unpaired) electrons. The highest BCUT2D eigenvalue weighted by atomic mass is 79.9. The summed E-state index contributed by atoms with van der Waals surface area (Å²) in [5.74, 6) is -0.319. The molecule has 1 aromatic carbocycles. The highest BCUT2D eigenvalue weighted by Crippen LogP contribution is 2.23. The molecule has 1 atom stereocenters. The fourth-order valence-corrected chi connectivity index (χ4v) is 1.69. The first kappa shape index (κ1) is 13.6. The Kier molecular flexibility index (Phi) is 5.10. The Balaban J connectivity index is 2.82. The first-order chi connectivity index (χ1) is 8.12. The van der Waals surface area contributed by atoms with Gasteiger partial charge in [0.15, 0.2) is 0 Å². The van der Waals surface area contributed by atoms with Gasteiger partial charge in [0.1, 0.15) is 6.10 Å². The monoisotopic (exact) mass is 297 g/mol. The molecule has 0 saturated heterocycles. The molecule has 0 saturated carbocycles. The van der Waals surface area contributed by atoms with E-state index in [1.807, 2.05) is 6.07 Å². The number of hydrogen-bond acceptors (Lipinski definition) is 4. The summed E-state index contributed by atoms with van der Waals surface area (Å²) < 4.78 is 5.55. The molecule has 1 amide bonds. The molecule has 0 aliphatic heterocycles. The van der Waals surface area contributed by atoms with E-state index in [0.717, 1.165) is 0 Å². The molecule has 1 unspecified atom stereocenters. The van der Waals surface area contributed by atoms with Crippen LogP contribution < -0.4 is 11.1 Å². The van der Waals surface area contributed by atoms with Crippen LogP contribution in [0.25, 0.3) is 0 Å². The van der Waals surface area contributed by atoms with E-state index in [9.17, 15) is 4.79 Å². The molecule has 90 valence electrons. The van der Waals surface area contributed by atoms with Gasteiger partial charge in [-0.3, -0.25) is 4.79 Å². The average Bonchev–Trinajstić information content (AvgIpc) is 2.33. The van der Waals surface area contributed by atoms with Gasteiger partial charge >= 0.3 is 0 Å². The quantitative estimate of drug-likeness (QED) is 0.875. The van der Waals surface area contributed by atoms with Crippen molar-refractivity contribution in [2.45, 2.75) is 6.10 Å². The van der Waals surface area contributed by atoms with Crippen LogP contribution in [0.1, 0.15) is 5.56 Å². The van der Waals surface area contributed by atoms with Crippen LogP contribution in [0.15, 0.2) is 22.7 Å². The predicted molar refractivity (Wildman–Crippen MR) is 67.3 cm³/mol. The summed E-state index contributed by atoms with van der Waals surface area (Å²) in [7, 11) is 1.42. The third-order valence-electron chi connectivity index (χ3n) is 2.15. The maximum absolute atomic E-state index is 11.7. The molecule has 6 heteroatoms. The number of carbonyl (C=O) groups is 1. The summed E-state index contributed by atoms with van der Waals surface area (Å²) >= 11 is 3.27. The zero-order valence-electron chi connectivity index (χ0n) is 9.24. The number of ether oxygens (including phenoxy) is 1. The van der Waals surface area contributed by atoms with Gasteiger partial charge in [-0.25, -0.2) is 0 Å². The Morgan fingerprint density at radius 2 is 2.41 bits per heavy atom. The van der Waals surface area contributed by atoms with Crippen LogP contribution in [0, 0.1) is 11.3 Å². The number of nitrogens with two attached hydrogens (primary N) is 1. The van der Waals surface area contributed by atoms with E-state index >= 15 is 0 Å². The van der Waals surface area contributed by atoms with Crippen LogP contribution in [-0.4, -0.2) is 25.7 Å². The Labute approximate surface area is 108 Å². The number of rotatable bonds is 4. The molecule has 5 nitrogen and oxygen atoms in total. The molecule has 1 aromatic rings. The number of benzene rings is 1. The molecule has 3 N–H and O–H groups in total. The summed E-state index contributed by atoms with van der Waals surface area (Å²) in [6, 6.07) is 6.89. The van der Waals surface area contributed by atoms with Gasteiger partial charge in [0.25, 0.3) is 5.91 Å². The molecule has 0 fully saturated rings. The van der Waals surface area contributed by atoms with Crippen LogP contribution in [0.3, 0.4) is 0 Å². The van der Waals surface area contributed by atoms with Gasteiger partial charge < -0.3 is 15.8 Å². The molecule has 0 bridgehead atoms. The summed E-state index contributed by atoms with van der Waals surface area (Å²) in [5, 5.41) is 11.4. The number of carbonyl (C=O) groups excluding carboxylic acids is 1. The summed E-state index contributed by atoms with van der Waals surface area (Å²) in [5.41, 5.74) is 6.47. The van der Waals surface area contributed by atoms with Gasteiger partial charge in [-0.15, -0.1) is 0 Å². The number of halogens is 1. The van der Waals surface area contributed by atoms with Crippen molar-refractivity contribution in [2.75, 3.05) is 19.0 Å². The van der Waals surface area contributed by atoms with Crippen LogP contribution in [0.4, 0.5) is 5.69 Å². The molecule has 0 spiro atoms. The maximum atomic E-state index is 11.7. The zero-order valence-corrected chi connectivity index (χ0v) is 10.8. The Morgan fingerprint density at radius 1 is 1.71 bits per heavy atom. The third kappa shape index (κ3) is 3.53. The van der Waals surface area contributed by atoms with Crippen LogP contribution in [0.2, 0.25) is 0 Å². The van der Waals surface area contributed by atoms with Crippen LogP contribution in [0.5, 0.6) is 0 Å². The van der Waals surface area contributed by atoms with Crippen LogP contribution >= 0.6 is 15.9 Å². The van der Waals surface area contributed by atoms with E-state index in [4.69, 9.17) is 15.7 Å². The number of methoxy groups -OCH3 is 1. The van der Waals surface area contributed by atoms with Crippen LogP contribution in [-0.2, 0) is 9.53 Å².